The fourth-order valence-corrected chi connectivity index (χ4v) is 2.56. The lowest BCUT2D eigenvalue weighted by Gasteiger charge is -2.35. The smallest absolute Gasteiger partial charge is 0.129 e. The van der Waals surface area contributed by atoms with Crippen LogP contribution in [0.25, 0.3) is 0 Å². The minimum absolute atomic E-state index is 0.223. The molecule has 17 heavy (non-hydrogen) atoms. The van der Waals surface area contributed by atoms with Gasteiger partial charge in [-0.3, -0.25) is 4.90 Å². The van der Waals surface area contributed by atoms with E-state index in [0.29, 0.717) is 29.7 Å². The molecule has 0 amide bonds. The third kappa shape index (κ3) is 3.18. The van der Waals surface area contributed by atoms with E-state index in [1.165, 1.54) is 18.9 Å². The summed E-state index contributed by atoms with van der Waals surface area (Å²) in [6, 6.07) is 5.26. The largest absolute Gasteiger partial charge is 0.329 e. The second-order valence-electron chi connectivity index (χ2n) is 4.59. The molecule has 2 rings (SSSR count). The summed E-state index contributed by atoms with van der Waals surface area (Å²) in [7, 11) is 0. The lowest BCUT2D eigenvalue weighted by molar-refractivity contribution is 0.143. The van der Waals surface area contributed by atoms with E-state index in [2.05, 4.69) is 4.90 Å². The first kappa shape index (κ1) is 12.8. The van der Waals surface area contributed by atoms with Crippen LogP contribution in [0.3, 0.4) is 0 Å². The first-order valence-corrected chi connectivity index (χ1v) is 6.46. The highest BCUT2D eigenvalue weighted by Gasteiger charge is 2.21. The highest BCUT2D eigenvalue weighted by atomic mass is 35.5. The Kier molecular flexibility index (Phi) is 4.37. The third-order valence-electron chi connectivity index (χ3n) is 3.41. The third-order valence-corrected chi connectivity index (χ3v) is 3.64. The van der Waals surface area contributed by atoms with Gasteiger partial charge in [-0.25, -0.2) is 4.39 Å². The van der Waals surface area contributed by atoms with Crippen LogP contribution in [0.15, 0.2) is 18.2 Å². The van der Waals surface area contributed by atoms with Crippen LogP contribution in [0.5, 0.6) is 0 Å². The molecule has 0 saturated carbocycles. The molecule has 2 nitrogen and oxygen atoms in total. The maximum Gasteiger partial charge on any atom is 0.129 e. The van der Waals surface area contributed by atoms with Crippen molar-refractivity contribution in [3.63, 3.8) is 0 Å². The Morgan fingerprint density at radius 3 is 2.94 bits per heavy atom. The molecule has 2 N–H and O–H groups in total. The zero-order valence-corrected chi connectivity index (χ0v) is 10.6. The molecular formula is C13H18ClFN2. The Morgan fingerprint density at radius 2 is 2.24 bits per heavy atom. The molecule has 1 saturated heterocycles. The zero-order valence-electron chi connectivity index (χ0n) is 9.83. The highest BCUT2D eigenvalue weighted by Crippen LogP contribution is 2.21. The molecule has 1 unspecified atom stereocenters. The van der Waals surface area contributed by atoms with E-state index in [0.717, 1.165) is 13.0 Å². The lowest BCUT2D eigenvalue weighted by atomic mass is 10.0. The molecule has 94 valence electrons. The number of piperidine rings is 1. The van der Waals surface area contributed by atoms with Crippen LogP contribution in [0.1, 0.15) is 24.8 Å². The number of hydrogen-bond donors (Lipinski definition) is 1. The average molecular weight is 257 g/mol. The Balaban J connectivity index is 2.08. The van der Waals surface area contributed by atoms with Crippen LogP contribution in [-0.2, 0) is 6.54 Å². The zero-order chi connectivity index (χ0) is 12.3. The van der Waals surface area contributed by atoms with E-state index >= 15 is 0 Å². The number of hydrogen-bond acceptors (Lipinski definition) is 2. The summed E-state index contributed by atoms with van der Waals surface area (Å²) in [5.74, 6) is -0.223. The van der Waals surface area contributed by atoms with Crippen molar-refractivity contribution < 1.29 is 4.39 Å². The molecule has 1 aliphatic heterocycles. The summed E-state index contributed by atoms with van der Waals surface area (Å²) in [6.07, 6.45) is 3.51. The number of halogens is 2. The minimum atomic E-state index is -0.223. The van der Waals surface area contributed by atoms with Crippen LogP contribution < -0.4 is 5.73 Å². The molecule has 1 fully saturated rings. The first-order chi connectivity index (χ1) is 8.20. The summed E-state index contributed by atoms with van der Waals surface area (Å²) in [5.41, 5.74) is 6.46. The highest BCUT2D eigenvalue weighted by molar-refractivity contribution is 6.30. The van der Waals surface area contributed by atoms with Gasteiger partial charge in [-0.1, -0.05) is 24.1 Å². The van der Waals surface area contributed by atoms with E-state index in [1.807, 2.05) is 0 Å². The molecular weight excluding hydrogens is 239 g/mol. The number of nitrogens with two attached hydrogens (primary N) is 1. The van der Waals surface area contributed by atoms with Gasteiger partial charge in [-0.2, -0.15) is 0 Å². The first-order valence-electron chi connectivity index (χ1n) is 6.08. The van der Waals surface area contributed by atoms with E-state index < -0.39 is 0 Å². The van der Waals surface area contributed by atoms with Crippen LogP contribution >= 0.6 is 11.6 Å². The van der Waals surface area contributed by atoms with E-state index in [1.54, 1.807) is 12.1 Å². The Morgan fingerprint density at radius 1 is 1.41 bits per heavy atom. The monoisotopic (exact) mass is 256 g/mol. The van der Waals surface area contributed by atoms with Crippen molar-refractivity contribution in [3.8, 4) is 0 Å². The van der Waals surface area contributed by atoms with Crippen molar-refractivity contribution in [2.24, 2.45) is 5.73 Å². The fourth-order valence-electron chi connectivity index (χ4n) is 2.40. The molecule has 1 aromatic rings. The quantitative estimate of drug-likeness (QED) is 0.901. The summed E-state index contributed by atoms with van der Waals surface area (Å²) in [5, 5.41) is 0.445. The van der Waals surface area contributed by atoms with Gasteiger partial charge in [0, 0.05) is 29.7 Å². The van der Waals surface area contributed by atoms with Crippen molar-refractivity contribution >= 4 is 11.6 Å². The van der Waals surface area contributed by atoms with Gasteiger partial charge in [0.1, 0.15) is 5.82 Å². The molecule has 1 aliphatic rings. The van der Waals surface area contributed by atoms with Gasteiger partial charge in [0.15, 0.2) is 0 Å². The molecule has 0 spiro atoms. The molecule has 1 atom stereocenters. The van der Waals surface area contributed by atoms with Gasteiger partial charge in [0.05, 0.1) is 0 Å². The predicted molar refractivity (Wildman–Crippen MR) is 68.5 cm³/mol. The van der Waals surface area contributed by atoms with Crippen molar-refractivity contribution in [1.29, 1.82) is 0 Å². The van der Waals surface area contributed by atoms with Gasteiger partial charge in [-0.15, -0.1) is 0 Å². The van der Waals surface area contributed by atoms with Crippen molar-refractivity contribution in [2.75, 3.05) is 13.1 Å². The van der Waals surface area contributed by atoms with Gasteiger partial charge in [0.25, 0.3) is 0 Å². The van der Waals surface area contributed by atoms with Gasteiger partial charge >= 0.3 is 0 Å². The van der Waals surface area contributed by atoms with Crippen molar-refractivity contribution in [3.05, 3.63) is 34.6 Å². The Bertz CT molecular complexity index is 384. The maximum atomic E-state index is 13.7. The molecule has 1 heterocycles. The number of nitrogens with zero attached hydrogens (tertiary/aromatic N) is 1. The minimum Gasteiger partial charge on any atom is -0.329 e. The summed E-state index contributed by atoms with van der Waals surface area (Å²) < 4.78 is 13.7. The molecule has 4 heteroatoms. The second kappa shape index (κ2) is 5.80. The predicted octanol–water partition coefficient (Wildman–Crippen LogP) is 2.79. The topological polar surface area (TPSA) is 29.3 Å². The van der Waals surface area contributed by atoms with E-state index in [4.69, 9.17) is 17.3 Å². The maximum absolute atomic E-state index is 13.7. The van der Waals surface area contributed by atoms with Crippen LogP contribution in [0.4, 0.5) is 4.39 Å². The molecule has 0 radical (unpaired) electrons. The number of rotatable bonds is 3. The molecule has 0 aromatic heterocycles. The molecule has 1 aromatic carbocycles. The fraction of sp³-hybridized carbons (Fsp3) is 0.538. The molecule has 0 bridgehead atoms. The Hall–Kier alpha value is -0.640. The number of benzene rings is 1. The summed E-state index contributed by atoms with van der Waals surface area (Å²) in [6.45, 7) is 2.28. The SMILES string of the molecule is NCC1CCCCN1Cc1ccc(Cl)cc1F. The van der Waals surface area contributed by atoms with Gasteiger partial charge in [0.2, 0.25) is 0 Å². The standard InChI is InChI=1S/C13H18ClFN2/c14-11-5-4-10(13(15)7-11)9-17-6-2-1-3-12(17)8-16/h4-5,7,12H,1-3,6,8-9,16H2. The van der Waals surface area contributed by atoms with Gasteiger partial charge in [-0.05, 0) is 31.5 Å². The van der Waals surface area contributed by atoms with E-state index in [9.17, 15) is 4.39 Å². The second-order valence-corrected chi connectivity index (χ2v) is 5.03. The normalized spacial score (nSPS) is 21.7. The number of likely N-dealkylation sites (tertiary alicyclic amines) is 1. The Labute approximate surface area is 107 Å². The van der Waals surface area contributed by atoms with Crippen molar-refractivity contribution in [2.45, 2.75) is 31.8 Å². The molecule has 0 aliphatic carbocycles. The van der Waals surface area contributed by atoms with Crippen LogP contribution in [-0.4, -0.2) is 24.0 Å². The van der Waals surface area contributed by atoms with Crippen LogP contribution in [0, 0.1) is 5.82 Å². The average Bonchev–Trinajstić information content (AvgIpc) is 2.33. The van der Waals surface area contributed by atoms with Crippen LogP contribution in [0.2, 0.25) is 5.02 Å². The van der Waals surface area contributed by atoms with Gasteiger partial charge < -0.3 is 5.73 Å². The van der Waals surface area contributed by atoms with E-state index in [-0.39, 0.29) is 5.82 Å². The summed E-state index contributed by atoms with van der Waals surface area (Å²) >= 11 is 5.74. The summed E-state index contributed by atoms with van der Waals surface area (Å²) in [4.78, 5) is 2.27. The van der Waals surface area contributed by atoms with Crippen molar-refractivity contribution in [1.82, 2.24) is 4.90 Å². The lowest BCUT2D eigenvalue weighted by Crippen LogP contribution is -2.43.